The third-order valence-corrected chi connectivity index (χ3v) is 5.80. The Hall–Kier alpha value is -0.670. The fourth-order valence-corrected chi connectivity index (χ4v) is 3.30. The molecule has 2 nitrogen and oxygen atoms in total. The average Bonchev–Trinajstić information content (AvgIpc) is 2.50. The van der Waals surface area contributed by atoms with Crippen molar-refractivity contribution >= 4 is 11.8 Å². The lowest BCUT2D eigenvalue weighted by Gasteiger charge is -2.31. The summed E-state index contributed by atoms with van der Waals surface area (Å²) in [6.07, 6.45) is 5.64. The molecule has 114 valence electrons. The number of hydrogen-bond donors (Lipinski definition) is 1. The summed E-state index contributed by atoms with van der Waals surface area (Å²) in [5, 5.41) is 3.70. The third kappa shape index (κ3) is 4.71. The van der Waals surface area contributed by atoms with Crippen LogP contribution in [0.25, 0.3) is 0 Å². The molecule has 0 aliphatic heterocycles. The van der Waals surface area contributed by atoms with Crippen LogP contribution in [0.3, 0.4) is 0 Å². The fraction of sp³-hybridized carbons (Fsp3) is 0.647. The van der Waals surface area contributed by atoms with Crippen LogP contribution < -0.4 is 10.1 Å². The first-order valence-electron chi connectivity index (χ1n) is 7.51. The molecule has 0 aromatic heterocycles. The van der Waals surface area contributed by atoms with Gasteiger partial charge in [0.1, 0.15) is 5.75 Å². The highest BCUT2D eigenvalue weighted by atomic mass is 32.2. The summed E-state index contributed by atoms with van der Waals surface area (Å²) < 4.78 is 5.79. The molecule has 0 radical (unpaired) electrons. The fourth-order valence-electron chi connectivity index (χ4n) is 2.49. The van der Waals surface area contributed by atoms with Gasteiger partial charge in [-0.3, -0.25) is 0 Å². The summed E-state index contributed by atoms with van der Waals surface area (Å²) in [5.74, 6) is 0.989. The molecule has 0 saturated carbocycles. The number of ether oxygens (including phenoxy) is 1. The molecule has 1 atom stereocenters. The Morgan fingerprint density at radius 2 is 1.90 bits per heavy atom. The van der Waals surface area contributed by atoms with Crippen molar-refractivity contribution in [2.75, 3.05) is 19.9 Å². The molecule has 0 spiro atoms. The Labute approximate surface area is 128 Å². The van der Waals surface area contributed by atoms with Crippen molar-refractivity contribution in [1.29, 1.82) is 0 Å². The zero-order valence-corrected chi connectivity index (χ0v) is 14.3. The third-order valence-electron chi connectivity index (χ3n) is 4.21. The summed E-state index contributed by atoms with van der Waals surface area (Å²) in [5.41, 5.74) is 1.28. The number of hydrogen-bond acceptors (Lipinski definition) is 3. The Morgan fingerprint density at radius 1 is 1.25 bits per heavy atom. The van der Waals surface area contributed by atoms with Gasteiger partial charge in [-0.1, -0.05) is 32.0 Å². The number of thioether (sulfide) groups is 1. The molecule has 0 bridgehead atoms. The number of nitrogens with one attached hydrogen (secondary N) is 1. The van der Waals surface area contributed by atoms with E-state index in [1.807, 2.05) is 23.9 Å². The normalized spacial score (nSPS) is 13.2. The van der Waals surface area contributed by atoms with Gasteiger partial charge >= 0.3 is 0 Å². The van der Waals surface area contributed by atoms with Crippen LogP contribution in [0.5, 0.6) is 5.75 Å². The molecule has 0 amide bonds. The molecule has 0 aliphatic carbocycles. The Morgan fingerprint density at radius 3 is 2.45 bits per heavy atom. The van der Waals surface area contributed by atoms with Crippen LogP contribution in [-0.4, -0.2) is 30.7 Å². The van der Waals surface area contributed by atoms with Crippen molar-refractivity contribution in [3.05, 3.63) is 29.8 Å². The second-order valence-electron chi connectivity index (χ2n) is 5.39. The Balaban J connectivity index is 2.57. The average molecular weight is 295 g/mol. The molecule has 3 heteroatoms. The van der Waals surface area contributed by atoms with E-state index in [1.54, 1.807) is 7.11 Å². The van der Waals surface area contributed by atoms with Gasteiger partial charge in [0.25, 0.3) is 0 Å². The number of rotatable bonds is 9. The van der Waals surface area contributed by atoms with E-state index in [2.05, 4.69) is 44.5 Å². The van der Waals surface area contributed by atoms with Crippen LogP contribution in [0.4, 0.5) is 0 Å². The van der Waals surface area contributed by atoms with Crippen LogP contribution in [0.2, 0.25) is 0 Å². The number of para-hydroxylation sites is 1. The summed E-state index contributed by atoms with van der Waals surface area (Å²) in [7, 11) is 1.74. The lowest BCUT2D eigenvalue weighted by Crippen LogP contribution is -2.41. The molecule has 1 aromatic carbocycles. The SMILES string of the molecule is CCC(CC)(CNC(C)Cc1ccccc1OC)SC. The van der Waals surface area contributed by atoms with Crippen molar-refractivity contribution in [3.63, 3.8) is 0 Å². The highest BCUT2D eigenvalue weighted by molar-refractivity contribution is 8.00. The first-order chi connectivity index (χ1) is 9.60. The molecular formula is C17H29NOS. The maximum atomic E-state index is 5.42. The molecule has 1 aromatic rings. The largest absolute Gasteiger partial charge is 0.496 e. The minimum absolute atomic E-state index is 0.370. The molecule has 0 fully saturated rings. The van der Waals surface area contributed by atoms with Gasteiger partial charge < -0.3 is 10.1 Å². The predicted molar refractivity (Wildman–Crippen MR) is 91.0 cm³/mol. The smallest absolute Gasteiger partial charge is 0.122 e. The lowest BCUT2D eigenvalue weighted by molar-refractivity contribution is 0.403. The van der Waals surface area contributed by atoms with Crippen molar-refractivity contribution in [2.45, 2.75) is 50.8 Å². The van der Waals surface area contributed by atoms with Crippen molar-refractivity contribution in [1.82, 2.24) is 5.32 Å². The van der Waals surface area contributed by atoms with Gasteiger partial charge in [-0.05, 0) is 44.1 Å². The molecule has 20 heavy (non-hydrogen) atoms. The standard InChI is InChI=1S/C17H29NOS/c1-6-17(7-2,20-5)13-18-14(3)12-15-10-8-9-11-16(15)19-4/h8-11,14,18H,6-7,12-13H2,1-5H3. The van der Waals surface area contributed by atoms with E-state index in [4.69, 9.17) is 4.74 Å². The van der Waals surface area contributed by atoms with E-state index in [0.717, 1.165) is 18.7 Å². The first-order valence-corrected chi connectivity index (χ1v) is 8.73. The van der Waals surface area contributed by atoms with Gasteiger partial charge in [-0.2, -0.15) is 11.8 Å². The maximum absolute atomic E-state index is 5.42. The zero-order chi connectivity index (χ0) is 15.0. The van der Waals surface area contributed by atoms with Gasteiger partial charge in [0.05, 0.1) is 7.11 Å². The molecular weight excluding hydrogens is 266 g/mol. The lowest BCUT2D eigenvalue weighted by atomic mass is 10.0. The van der Waals surface area contributed by atoms with Gasteiger partial charge in [-0.15, -0.1) is 0 Å². The minimum Gasteiger partial charge on any atom is -0.496 e. The molecule has 0 saturated heterocycles. The summed E-state index contributed by atoms with van der Waals surface area (Å²) in [6, 6.07) is 8.74. The summed E-state index contributed by atoms with van der Waals surface area (Å²) in [4.78, 5) is 0. The van der Waals surface area contributed by atoms with E-state index in [0.29, 0.717) is 10.8 Å². The molecule has 0 aliphatic rings. The van der Waals surface area contributed by atoms with Crippen LogP contribution in [0.15, 0.2) is 24.3 Å². The highest BCUT2D eigenvalue weighted by Gasteiger charge is 2.25. The van der Waals surface area contributed by atoms with E-state index < -0.39 is 0 Å². The molecule has 1 unspecified atom stereocenters. The van der Waals surface area contributed by atoms with Crippen LogP contribution in [0, 0.1) is 0 Å². The molecule has 1 N–H and O–H groups in total. The van der Waals surface area contributed by atoms with Gasteiger partial charge in [-0.25, -0.2) is 0 Å². The van der Waals surface area contributed by atoms with E-state index in [9.17, 15) is 0 Å². The number of benzene rings is 1. The first kappa shape index (κ1) is 17.4. The van der Waals surface area contributed by atoms with Crippen LogP contribution in [-0.2, 0) is 6.42 Å². The Bertz CT molecular complexity index is 382. The predicted octanol–water partition coefficient (Wildman–Crippen LogP) is 4.14. The van der Waals surface area contributed by atoms with Crippen LogP contribution >= 0.6 is 11.8 Å². The highest BCUT2D eigenvalue weighted by Crippen LogP contribution is 2.29. The topological polar surface area (TPSA) is 21.3 Å². The Kier molecular flexibility index (Phi) is 7.46. The monoisotopic (exact) mass is 295 g/mol. The molecule has 1 rings (SSSR count). The zero-order valence-electron chi connectivity index (χ0n) is 13.5. The van der Waals surface area contributed by atoms with E-state index in [-0.39, 0.29) is 0 Å². The summed E-state index contributed by atoms with van der Waals surface area (Å²) in [6.45, 7) is 7.89. The van der Waals surface area contributed by atoms with E-state index >= 15 is 0 Å². The minimum atomic E-state index is 0.370. The van der Waals surface area contributed by atoms with Crippen molar-refractivity contribution in [2.24, 2.45) is 0 Å². The molecule has 0 heterocycles. The van der Waals surface area contributed by atoms with E-state index in [1.165, 1.54) is 18.4 Å². The van der Waals surface area contributed by atoms with Crippen LogP contribution in [0.1, 0.15) is 39.2 Å². The van der Waals surface area contributed by atoms with Crippen molar-refractivity contribution < 1.29 is 4.74 Å². The second kappa shape index (κ2) is 8.58. The maximum Gasteiger partial charge on any atom is 0.122 e. The van der Waals surface area contributed by atoms with Gasteiger partial charge in [0.2, 0.25) is 0 Å². The quantitative estimate of drug-likeness (QED) is 0.740. The van der Waals surface area contributed by atoms with Gasteiger partial charge in [0.15, 0.2) is 0 Å². The second-order valence-corrected chi connectivity index (χ2v) is 6.67. The number of methoxy groups -OCH3 is 1. The van der Waals surface area contributed by atoms with Gasteiger partial charge in [0, 0.05) is 17.3 Å². The summed E-state index contributed by atoms with van der Waals surface area (Å²) >= 11 is 1.99. The van der Waals surface area contributed by atoms with Crippen molar-refractivity contribution in [3.8, 4) is 5.75 Å².